The summed E-state index contributed by atoms with van der Waals surface area (Å²) in [6.07, 6.45) is 0. The molecule has 1 aromatic rings. The van der Waals surface area contributed by atoms with Crippen molar-refractivity contribution in [1.29, 1.82) is 0 Å². The zero-order chi connectivity index (χ0) is 11.3. The molecule has 1 rings (SSSR count). The highest BCUT2D eigenvalue weighted by molar-refractivity contribution is 9.10. The van der Waals surface area contributed by atoms with Gasteiger partial charge in [-0.05, 0) is 30.2 Å². The third-order valence-corrected chi connectivity index (χ3v) is 2.86. The Morgan fingerprint density at radius 2 is 2.07 bits per heavy atom. The minimum atomic E-state index is 0.733. The maximum Gasteiger partial charge on any atom is 0.0234 e. The summed E-state index contributed by atoms with van der Waals surface area (Å²) in [5.41, 5.74) is 1.38. The summed E-state index contributed by atoms with van der Waals surface area (Å²) in [7, 11) is 0. The molecule has 0 aliphatic rings. The fourth-order valence-corrected chi connectivity index (χ4v) is 2.16. The van der Waals surface area contributed by atoms with Crippen molar-refractivity contribution in [3.63, 3.8) is 0 Å². The molecule has 0 atom stereocenters. The molecule has 1 nitrogen and oxygen atoms in total. The lowest BCUT2D eigenvalue weighted by Crippen LogP contribution is -2.27. The molecule has 0 unspecified atom stereocenters. The van der Waals surface area contributed by atoms with Gasteiger partial charge in [0.25, 0.3) is 0 Å². The van der Waals surface area contributed by atoms with Gasteiger partial charge in [-0.15, -0.1) is 0 Å². The van der Waals surface area contributed by atoms with Crippen LogP contribution in [0.4, 0.5) is 0 Å². The first-order chi connectivity index (χ1) is 7.11. The van der Waals surface area contributed by atoms with Gasteiger partial charge >= 0.3 is 0 Å². The summed E-state index contributed by atoms with van der Waals surface area (Å²) in [5, 5.41) is 0. The van der Waals surface area contributed by atoms with E-state index in [1.54, 1.807) is 0 Å². The Hall–Kier alpha value is -0.340. The first kappa shape index (κ1) is 12.7. The molecule has 0 aromatic heterocycles. The summed E-state index contributed by atoms with van der Waals surface area (Å²) in [6, 6.07) is 8.56. The van der Waals surface area contributed by atoms with Crippen molar-refractivity contribution in [1.82, 2.24) is 4.90 Å². The molecule has 0 saturated heterocycles. The van der Waals surface area contributed by atoms with Crippen molar-refractivity contribution >= 4 is 15.9 Å². The quantitative estimate of drug-likeness (QED) is 0.783. The largest absolute Gasteiger partial charge is 0.299 e. The predicted octanol–water partition coefficient (Wildman–Crippen LogP) is 3.93. The van der Waals surface area contributed by atoms with Crippen LogP contribution in [-0.4, -0.2) is 18.0 Å². The third-order valence-electron chi connectivity index (χ3n) is 2.37. The molecule has 1 aromatic carbocycles. The zero-order valence-electron chi connectivity index (χ0n) is 9.83. The molecule has 0 fully saturated rings. The van der Waals surface area contributed by atoms with E-state index >= 15 is 0 Å². The van der Waals surface area contributed by atoms with Gasteiger partial charge in [0, 0.05) is 17.6 Å². The molecule has 0 heterocycles. The molecule has 0 bridgehead atoms. The number of halogens is 1. The topological polar surface area (TPSA) is 3.24 Å². The van der Waals surface area contributed by atoms with Gasteiger partial charge in [-0.1, -0.05) is 48.8 Å². The van der Waals surface area contributed by atoms with E-state index in [9.17, 15) is 0 Å². The highest BCUT2D eigenvalue weighted by Crippen LogP contribution is 2.14. The van der Waals surface area contributed by atoms with Crippen molar-refractivity contribution in [3.05, 3.63) is 34.3 Å². The molecule has 2 heteroatoms. The van der Waals surface area contributed by atoms with Crippen LogP contribution in [0.2, 0.25) is 0 Å². The lowest BCUT2D eigenvalue weighted by molar-refractivity contribution is 0.248. The minimum Gasteiger partial charge on any atom is -0.299 e. The second-order valence-corrected chi connectivity index (χ2v) is 5.27. The third kappa shape index (κ3) is 4.80. The van der Waals surface area contributed by atoms with Crippen LogP contribution in [0.3, 0.4) is 0 Å². The molecule has 0 spiro atoms. The van der Waals surface area contributed by atoms with E-state index in [1.165, 1.54) is 16.6 Å². The van der Waals surface area contributed by atoms with Gasteiger partial charge in [-0.2, -0.15) is 0 Å². The average molecular weight is 270 g/mol. The van der Waals surface area contributed by atoms with Gasteiger partial charge in [-0.25, -0.2) is 0 Å². The Balaban J connectivity index is 2.58. The van der Waals surface area contributed by atoms with Gasteiger partial charge in [0.15, 0.2) is 0 Å². The molecule has 0 aliphatic carbocycles. The highest BCUT2D eigenvalue weighted by Gasteiger charge is 2.05. The number of rotatable bonds is 5. The summed E-state index contributed by atoms with van der Waals surface area (Å²) in [4.78, 5) is 2.48. The number of nitrogens with zero attached hydrogens (tertiary/aromatic N) is 1. The first-order valence-corrected chi connectivity index (χ1v) is 6.38. The van der Waals surface area contributed by atoms with Gasteiger partial charge in [0.05, 0.1) is 0 Å². The minimum absolute atomic E-state index is 0.733. The van der Waals surface area contributed by atoms with Crippen LogP contribution in [-0.2, 0) is 6.54 Å². The highest BCUT2D eigenvalue weighted by atomic mass is 79.9. The second-order valence-electron chi connectivity index (χ2n) is 4.35. The van der Waals surface area contributed by atoms with Crippen LogP contribution < -0.4 is 0 Å². The standard InChI is InChI=1S/C13H20BrN/c1-4-15(9-11(2)3)10-12-6-5-7-13(14)8-12/h5-8,11H,4,9-10H2,1-3H3. The van der Waals surface area contributed by atoms with Crippen LogP contribution in [0.1, 0.15) is 26.3 Å². The molecule has 0 saturated carbocycles. The summed E-state index contributed by atoms with van der Waals surface area (Å²) >= 11 is 3.51. The van der Waals surface area contributed by atoms with Crippen molar-refractivity contribution in [2.75, 3.05) is 13.1 Å². The van der Waals surface area contributed by atoms with Crippen molar-refractivity contribution in [2.45, 2.75) is 27.3 Å². The van der Waals surface area contributed by atoms with Crippen LogP contribution in [0, 0.1) is 5.92 Å². The van der Waals surface area contributed by atoms with Crippen molar-refractivity contribution in [3.8, 4) is 0 Å². The molecule has 0 amide bonds. The lowest BCUT2D eigenvalue weighted by Gasteiger charge is -2.22. The number of hydrogen-bond acceptors (Lipinski definition) is 1. The fourth-order valence-electron chi connectivity index (χ4n) is 1.72. The van der Waals surface area contributed by atoms with Crippen LogP contribution in [0.5, 0.6) is 0 Å². The van der Waals surface area contributed by atoms with Crippen molar-refractivity contribution in [2.24, 2.45) is 5.92 Å². The van der Waals surface area contributed by atoms with Crippen LogP contribution in [0.25, 0.3) is 0 Å². The van der Waals surface area contributed by atoms with Gasteiger partial charge < -0.3 is 0 Å². The van der Waals surface area contributed by atoms with E-state index < -0.39 is 0 Å². The molecular weight excluding hydrogens is 250 g/mol. The Morgan fingerprint density at radius 3 is 2.60 bits per heavy atom. The molecule has 0 radical (unpaired) electrons. The zero-order valence-corrected chi connectivity index (χ0v) is 11.4. The second kappa shape index (κ2) is 6.29. The predicted molar refractivity (Wildman–Crippen MR) is 69.9 cm³/mol. The molecule has 15 heavy (non-hydrogen) atoms. The average Bonchev–Trinajstić information content (AvgIpc) is 2.16. The van der Waals surface area contributed by atoms with Gasteiger partial charge in [-0.3, -0.25) is 4.90 Å². The first-order valence-electron chi connectivity index (χ1n) is 5.58. The monoisotopic (exact) mass is 269 g/mol. The number of benzene rings is 1. The van der Waals surface area contributed by atoms with E-state index in [1.807, 2.05) is 0 Å². The maximum atomic E-state index is 3.51. The van der Waals surface area contributed by atoms with E-state index in [-0.39, 0.29) is 0 Å². The molecule has 0 N–H and O–H groups in total. The lowest BCUT2D eigenvalue weighted by atomic mass is 10.1. The molecule has 84 valence electrons. The Bertz CT molecular complexity index is 296. The van der Waals surface area contributed by atoms with E-state index in [0.717, 1.165) is 19.0 Å². The van der Waals surface area contributed by atoms with E-state index in [2.05, 4.69) is 65.9 Å². The van der Waals surface area contributed by atoms with Crippen LogP contribution >= 0.6 is 15.9 Å². The van der Waals surface area contributed by atoms with E-state index in [0.29, 0.717) is 0 Å². The number of hydrogen-bond donors (Lipinski definition) is 0. The molecular formula is C13H20BrN. The Morgan fingerprint density at radius 1 is 1.33 bits per heavy atom. The SMILES string of the molecule is CCN(Cc1cccc(Br)c1)CC(C)C. The molecule has 0 aliphatic heterocycles. The van der Waals surface area contributed by atoms with Crippen molar-refractivity contribution < 1.29 is 0 Å². The maximum absolute atomic E-state index is 3.51. The summed E-state index contributed by atoms with van der Waals surface area (Å²) in [6.45, 7) is 10.1. The Labute approximate surface area is 102 Å². The van der Waals surface area contributed by atoms with Crippen LogP contribution in [0.15, 0.2) is 28.7 Å². The fraction of sp³-hybridized carbons (Fsp3) is 0.538. The van der Waals surface area contributed by atoms with Gasteiger partial charge in [0.1, 0.15) is 0 Å². The van der Waals surface area contributed by atoms with Gasteiger partial charge in [0.2, 0.25) is 0 Å². The normalized spacial score (nSPS) is 11.3. The summed E-state index contributed by atoms with van der Waals surface area (Å²) < 4.78 is 1.17. The Kier molecular flexibility index (Phi) is 5.34. The summed E-state index contributed by atoms with van der Waals surface area (Å²) in [5.74, 6) is 0.733. The van der Waals surface area contributed by atoms with E-state index in [4.69, 9.17) is 0 Å². The smallest absolute Gasteiger partial charge is 0.0234 e.